The van der Waals surface area contributed by atoms with Crippen LogP contribution in [0.4, 0.5) is 0 Å². The average molecular weight is 274 g/mol. The van der Waals surface area contributed by atoms with Gasteiger partial charge >= 0.3 is 0 Å². The summed E-state index contributed by atoms with van der Waals surface area (Å²) in [6, 6.07) is -0.0916. The molecule has 1 atom stereocenters. The Morgan fingerprint density at radius 1 is 1.22 bits per heavy atom. The van der Waals surface area contributed by atoms with Gasteiger partial charge in [0.1, 0.15) is 10.6 Å². The summed E-state index contributed by atoms with van der Waals surface area (Å²) in [5.74, 6) is 0.895. The second-order valence-corrected chi connectivity index (χ2v) is 6.80. The van der Waals surface area contributed by atoms with Crippen LogP contribution < -0.4 is 4.72 Å². The lowest BCUT2D eigenvalue weighted by atomic mass is 10.1. The number of rotatable bonds is 6. The van der Waals surface area contributed by atoms with Gasteiger partial charge < -0.3 is 4.52 Å². The van der Waals surface area contributed by atoms with Gasteiger partial charge in [-0.15, -0.1) is 0 Å². The number of hydrogen-bond donors (Lipinski definition) is 1. The molecule has 0 saturated carbocycles. The average Bonchev–Trinajstić information content (AvgIpc) is 2.55. The highest BCUT2D eigenvalue weighted by molar-refractivity contribution is 7.89. The lowest BCUT2D eigenvalue weighted by Gasteiger charge is -2.15. The molecule has 6 heteroatoms. The SMILES string of the molecule is Cc1noc(C)c1S(=O)(=O)NC(C)CCC(C)C. The monoisotopic (exact) mass is 274 g/mol. The minimum Gasteiger partial charge on any atom is -0.360 e. The fraction of sp³-hybridized carbons (Fsp3) is 0.750. The van der Waals surface area contributed by atoms with Crippen LogP contribution in [0, 0.1) is 19.8 Å². The Morgan fingerprint density at radius 2 is 1.83 bits per heavy atom. The lowest BCUT2D eigenvalue weighted by Crippen LogP contribution is -2.33. The summed E-state index contributed by atoms with van der Waals surface area (Å²) in [5.41, 5.74) is 0.399. The molecule has 1 heterocycles. The van der Waals surface area contributed by atoms with Crippen molar-refractivity contribution in [2.45, 2.75) is 58.4 Å². The van der Waals surface area contributed by atoms with Gasteiger partial charge in [-0.05, 0) is 39.5 Å². The van der Waals surface area contributed by atoms with Gasteiger partial charge in [0, 0.05) is 6.04 Å². The predicted octanol–water partition coefficient (Wildman–Crippen LogP) is 2.39. The van der Waals surface area contributed by atoms with Crippen molar-refractivity contribution in [3.8, 4) is 0 Å². The van der Waals surface area contributed by atoms with Crippen molar-refractivity contribution in [3.05, 3.63) is 11.5 Å². The van der Waals surface area contributed by atoms with Crippen molar-refractivity contribution >= 4 is 10.0 Å². The topological polar surface area (TPSA) is 72.2 Å². The predicted molar refractivity (Wildman–Crippen MR) is 69.8 cm³/mol. The van der Waals surface area contributed by atoms with E-state index in [0.717, 1.165) is 12.8 Å². The number of sulfonamides is 1. The molecule has 0 fully saturated rings. The summed E-state index contributed by atoms with van der Waals surface area (Å²) in [6.07, 6.45) is 1.81. The van der Waals surface area contributed by atoms with Crippen LogP contribution in [0.5, 0.6) is 0 Å². The summed E-state index contributed by atoms with van der Waals surface area (Å²) in [4.78, 5) is 0.166. The van der Waals surface area contributed by atoms with Gasteiger partial charge in [-0.25, -0.2) is 13.1 Å². The van der Waals surface area contributed by atoms with Crippen molar-refractivity contribution in [1.29, 1.82) is 0 Å². The first-order chi connectivity index (χ1) is 8.24. The molecule has 104 valence electrons. The molecular weight excluding hydrogens is 252 g/mol. The number of nitrogens with zero attached hydrogens (tertiary/aromatic N) is 1. The third-order valence-corrected chi connectivity index (χ3v) is 4.60. The van der Waals surface area contributed by atoms with Crippen molar-refractivity contribution in [2.24, 2.45) is 5.92 Å². The molecule has 0 aliphatic heterocycles. The molecule has 0 bridgehead atoms. The first-order valence-electron chi connectivity index (χ1n) is 6.19. The molecule has 1 rings (SSSR count). The maximum Gasteiger partial charge on any atom is 0.246 e. The molecule has 1 unspecified atom stereocenters. The minimum atomic E-state index is -3.53. The minimum absolute atomic E-state index is 0.0916. The Labute approximate surface area is 109 Å². The van der Waals surface area contributed by atoms with E-state index in [1.807, 2.05) is 6.92 Å². The third kappa shape index (κ3) is 3.81. The second kappa shape index (κ2) is 5.84. The van der Waals surface area contributed by atoms with Gasteiger partial charge in [-0.2, -0.15) is 0 Å². The zero-order valence-corrected chi connectivity index (χ0v) is 12.5. The van der Waals surface area contributed by atoms with E-state index in [0.29, 0.717) is 17.4 Å². The number of hydrogen-bond acceptors (Lipinski definition) is 4. The van der Waals surface area contributed by atoms with Gasteiger partial charge in [-0.1, -0.05) is 19.0 Å². The number of nitrogens with one attached hydrogen (secondary N) is 1. The van der Waals surface area contributed by atoms with Crippen LogP contribution in [-0.2, 0) is 10.0 Å². The van der Waals surface area contributed by atoms with Crippen LogP contribution in [0.25, 0.3) is 0 Å². The summed E-state index contributed by atoms with van der Waals surface area (Å²) in [7, 11) is -3.53. The zero-order valence-electron chi connectivity index (χ0n) is 11.6. The van der Waals surface area contributed by atoms with E-state index in [-0.39, 0.29) is 10.9 Å². The van der Waals surface area contributed by atoms with Gasteiger partial charge in [0.2, 0.25) is 10.0 Å². The van der Waals surface area contributed by atoms with E-state index in [4.69, 9.17) is 4.52 Å². The summed E-state index contributed by atoms with van der Waals surface area (Å²) in [5, 5.41) is 3.67. The molecule has 0 spiro atoms. The first-order valence-corrected chi connectivity index (χ1v) is 7.67. The summed E-state index contributed by atoms with van der Waals surface area (Å²) < 4.78 is 31.9. The molecule has 0 amide bonds. The van der Waals surface area contributed by atoms with E-state index in [1.165, 1.54) is 0 Å². The van der Waals surface area contributed by atoms with Crippen molar-refractivity contribution < 1.29 is 12.9 Å². The van der Waals surface area contributed by atoms with Crippen LogP contribution in [0.15, 0.2) is 9.42 Å². The Balaban J connectivity index is 2.77. The molecule has 0 aliphatic rings. The van der Waals surface area contributed by atoms with Crippen LogP contribution in [-0.4, -0.2) is 19.6 Å². The van der Waals surface area contributed by atoms with Gasteiger partial charge in [0.15, 0.2) is 5.76 Å². The van der Waals surface area contributed by atoms with Crippen molar-refractivity contribution in [2.75, 3.05) is 0 Å². The molecule has 1 aromatic heterocycles. The summed E-state index contributed by atoms with van der Waals surface area (Å²) in [6.45, 7) is 9.35. The molecular formula is C12H22N2O3S. The van der Waals surface area contributed by atoms with Gasteiger partial charge in [0.25, 0.3) is 0 Å². The third-order valence-electron chi connectivity index (χ3n) is 2.77. The van der Waals surface area contributed by atoms with Crippen molar-refractivity contribution in [1.82, 2.24) is 9.88 Å². The quantitative estimate of drug-likeness (QED) is 0.864. The van der Waals surface area contributed by atoms with Crippen molar-refractivity contribution in [3.63, 3.8) is 0 Å². The van der Waals surface area contributed by atoms with Crippen LogP contribution in [0.2, 0.25) is 0 Å². The Bertz CT molecular complexity index is 472. The molecule has 5 nitrogen and oxygen atoms in total. The summed E-state index contributed by atoms with van der Waals surface area (Å²) >= 11 is 0. The van der Waals surface area contributed by atoms with Gasteiger partial charge in [-0.3, -0.25) is 0 Å². The Hall–Kier alpha value is -0.880. The lowest BCUT2D eigenvalue weighted by molar-refractivity contribution is 0.390. The number of aryl methyl sites for hydroxylation is 2. The van der Waals surface area contributed by atoms with E-state index >= 15 is 0 Å². The molecule has 0 aliphatic carbocycles. The van der Waals surface area contributed by atoms with Crippen LogP contribution in [0.1, 0.15) is 45.1 Å². The molecule has 0 saturated heterocycles. The van der Waals surface area contributed by atoms with E-state index in [2.05, 4.69) is 23.7 Å². The van der Waals surface area contributed by atoms with Crippen LogP contribution >= 0.6 is 0 Å². The standard InChI is InChI=1S/C12H22N2O3S/c1-8(2)6-7-9(3)14-18(15,16)12-10(4)13-17-11(12)5/h8-9,14H,6-7H2,1-5H3. The zero-order chi connectivity index (χ0) is 13.9. The highest BCUT2D eigenvalue weighted by Crippen LogP contribution is 2.19. The Kier molecular flexibility index (Phi) is 4.92. The number of aromatic nitrogens is 1. The fourth-order valence-electron chi connectivity index (χ4n) is 1.82. The highest BCUT2D eigenvalue weighted by atomic mass is 32.2. The van der Waals surface area contributed by atoms with E-state index in [1.54, 1.807) is 13.8 Å². The second-order valence-electron chi connectivity index (χ2n) is 5.15. The Morgan fingerprint density at radius 3 is 2.28 bits per heavy atom. The van der Waals surface area contributed by atoms with Gasteiger partial charge in [0.05, 0.1) is 0 Å². The molecule has 0 radical (unpaired) electrons. The molecule has 0 aromatic carbocycles. The molecule has 1 aromatic rings. The highest BCUT2D eigenvalue weighted by Gasteiger charge is 2.25. The smallest absolute Gasteiger partial charge is 0.246 e. The maximum atomic E-state index is 12.2. The maximum absolute atomic E-state index is 12.2. The normalized spacial score (nSPS) is 14.1. The van der Waals surface area contributed by atoms with Crippen LogP contribution in [0.3, 0.4) is 0 Å². The first kappa shape index (κ1) is 15.2. The fourth-order valence-corrected chi connectivity index (χ4v) is 3.43. The largest absolute Gasteiger partial charge is 0.360 e. The van der Waals surface area contributed by atoms with E-state index in [9.17, 15) is 8.42 Å². The molecule has 18 heavy (non-hydrogen) atoms. The van der Waals surface area contributed by atoms with E-state index < -0.39 is 10.0 Å². The molecule has 1 N–H and O–H groups in total.